The van der Waals surface area contributed by atoms with Crippen molar-refractivity contribution in [1.29, 1.82) is 0 Å². The number of benzene rings is 1. The van der Waals surface area contributed by atoms with Gasteiger partial charge in [0.25, 0.3) is 5.91 Å². The smallest absolute Gasteiger partial charge is 0.251 e. The molecule has 1 aliphatic rings. The number of hydrogen-bond donors (Lipinski definition) is 3. The summed E-state index contributed by atoms with van der Waals surface area (Å²) in [5.41, 5.74) is 2.10. The van der Waals surface area contributed by atoms with Crippen LogP contribution in [0.2, 0.25) is 0 Å². The van der Waals surface area contributed by atoms with Gasteiger partial charge < -0.3 is 15.7 Å². The summed E-state index contributed by atoms with van der Waals surface area (Å²) in [6.45, 7) is 1.62. The second-order valence-electron chi connectivity index (χ2n) is 4.15. The van der Waals surface area contributed by atoms with Crippen molar-refractivity contribution in [2.24, 2.45) is 0 Å². The van der Waals surface area contributed by atoms with Crippen LogP contribution in [0.4, 0.5) is 5.69 Å². The number of rotatable bonds is 3. The SMILES string of the molecule is C[C@H](CO)NC(=O)c1ccc2c(c1)CC(=O)N2. The summed E-state index contributed by atoms with van der Waals surface area (Å²) in [6, 6.07) is 4.80. The number of anilines is 1. The largest absolute Gasteiger partial charge is 0.394 e. The van der Waals surface area contributed by atoms with Crippen molar-refractivity contribution in [3.05, 3.63) is 29.3 Å². The van der Waals surface area contributed by atoms with Crippen molar-refractivity contribution in [2.45, 2.75) is 19.4 Å². The summed E-state index contributed by atoms with van der Waals surface area (Å²) in [5.74, 6) is -0.296. The first kappa shape index (κ1) is 11.6. The third-order valence-electron chi connectivity index (χ3n) is 2.64. The van der Waals surface area contributed by atoms with Crippen molar-refractivity contribution in [1.82, 2.24) is 5.32 Å². The topological polar surface area (TPSA) is 78.4 Å². The first-order chi connectivity index (χ1) is 8.10. The minimum Gasteiger partial charge on any atom is -0.394 e. The minimum atomic E-state index is -0.282. The number of amides is 2. The fraction of sp³-hybridized carbons (Fsp3) is 0.333. The van der Waals surface area contributed by atoms with Gasteiger partial charge in [-0.05, 0) is 30.7 Å². The van der Waals surface area contributed by atoms with E-state index in [2.05, 4.69) is 10.6 Å². The maximum atomic E-state index is 11.8. The Bertz CT molecular complexity index is 471. The van der Waals surface area contributed by atoms with Crippen molar-refractivity contribution in [2.75, 3.05) is 11.9 Å². The quantitative estimate of drug-likeness (QED) is 0.703. The van der Waals surface area contributed by atoms with E-state index in [0.29, 0.717) is 12.0 Å². The van der Waals surface area contributed by atoms with Gasteiger partial charge in [-0.2, -0.15) is 0 Å². The molecule has 1 aromatic rings. The van der Waals surface area contributed by atoms with E-state index in [0.717, 1.165) is 11.3 Å². The molecular weight excluding hydrogens is 220 g/mol. The van der Waals surface area contributed by atoms with Crippen LogP contribution >= 0.6 is 0 Å². The molecule has 1 atom stereocenters. The molecule has 90 valence electrons. The molecule has 0 radical (unpaired) electrons. The second-order valence-corrected chi connectivity index (χ2v) is 4.15. The van der Waals surface area contributed by atoms with Crippen LogP contribution in [0, 0.1) is 0 Å². The average Bonchev–Trinajstić information content (AvgIpc) is 2.67. The van der Waals surface area contributed by atoms with Crippen LogP contribution in [0.3, 0.4) is 0 Å². The lowest BCUT2D eigenvalue weighted by Gasteiger charge is -2.11. The number of hydrogen-bond acceptors (Lipinski definition) is 3. The molecule has 5 nitrogen and oxygen atoms in total. The standard InChI is InChI=1S/C12H14N2O3/c1-7(6-15)13-12(17)8-2-3-10-9(4-8)5-11(16)14-10/h2-4,7,15H,5-6H2,1H3,(H,13,17)(H,14,16)/t7-/m1/s1. The Kier molecular flexibility index (Phi) is 3.10. The first-order valence-corrected chi connectivity index (χ1v) is 5.44. The Morgan fingerprint density at radius 1 is 1.59 bits per heavy atom. The van der Waals surface area contributed by atoms with E-state index < -0.39 is 0 Å². The molecule has 2 amide bonds. The van der Waals surface area contributed by atoms with E-state index in [-0.39, 0.29) is 24.5 Å². The van der Waals surface area contributed by atoms with Crippen LogP contribution in [0.5, 0.6) is 0 Å². The molecule has 1 aliphatic heterocycles. The molecule has 0 unspecified atom stereocenters. The van der Waals surface area contributed by atoms with Crippen molar-refractivity contribution in [3.8, 4) is 0 Å². The molecule has 0 saturated carbocycles. The van der Waals surface area contributed by atoms with Gasteiger partial charge >= 0.3 is 0 Å². The van der Waals surface area contributed by atoms with Crippen molar-refractivity contribution < 1.29 is 14.7 Å². The summed E-state index contributed by atoms with van der Waals surface area (Å²) in [5, 5.41) is 14.2. The summed E-state index contributed by atoms with van der Waals surface area (Å²) in [6.07, 6.45) is 0.312. The van der Waals surface area contributed by atoms with E-state index in [1.165, 1.54) is 0 Å². The fourth-order valence-electron chi connectivity index (χ4n) is 1.72. The number of aliphatic hydroxyl groups is 1. The zero-order valence-corrected chi connectivity index (χ0v) is 9.49. The Labute approximate surface area is 98.8 Å². The van der Waals surface area contributed by atoms with Crippen molar-refractivity contribution >= 4 is 17.5 Å². The summed E-state index contributed by atoms with van der Waals surface area (Å²) < 4.78 is 0. The monoisotopic (exact) mass is 234 g/mol. The van der Waals surface area contributed by atoms with E-state index in [1.54, 1.807) is 25.1 Å². The van der Waals surface area contributed by atoms with Crippen LogP contribution < -0.4 is 10.6 Å². The lowest BCUT2D eigenvalue weighted by molar-refractivity contribution is -0.115. The molecule has 3 N–H and O–H groups in total. The summed E-state index contributed by atoms with van der Waals surface area (Å²) in [7, 11) is 0. The van der Waals surface area contributed by atoms with Crippen molar-refractivity contribution in [3.63, 3.8) is 0 Å². The first-order valence-electron chi connectivity index (χ1n) is 5.44. The third-order valence-corrected chi connectivity index (χ3v) is 2.64. The Hall–Kier alpha value is -1.88. The highest BCUT2D eigenvalue weighted by Gasteiger charge is 2.19. The molecule has 0 aliphatic carbocycles. The van der Waals surface area contributed by atoms with E-state index in [4.69, 9.17) is 5.11 Å². The van der Waals surface area contributed by atoms with Crippen LogP contribution in [0.15, 0.2) is 18.2 Å². The molecule has 0 bridgehead atoms. The molecule has 17 heavy (non-hydrogen) atoms. The highest BCUT2D eigenvalue weighted by Crippen LogP contribution is 2.23. The van der Waals surface area contributed by atoms with Crippen LogP contribution in [-0.4, -0.2) is 29.6 Å². The van der Waals surface area contributed by atoms with Gasteiger partial charge in [0.15, 0.2) is 0 Å². The molecule has 2 rings (SSSR count). The highest BCUT2D eigenvalue weighted by molar-refractivity contribution is 6.01. The predicted octanol–water partition coefficient (Wildman–Crippen LogP) is 0.292. The third kappa shape index (κ3) is 2.45. The second kappa shape index (κ2) is 4.55. The molecule has 1 aromatic carbocycles. The lowest BCUT2D eigenvalue weighted by atomic mass is 10.1. The van der Waals surface area contributed by atoms with Gasteiger partial charge in [0.1, 0.15) is 0 Å². The van der Waals surface area contributed by atoms with E-state index in [1.807, 2.05) is 0 Å². The highest BCUT2D eigenvalue weighted by atomic mass is 16.3. The Balaban J connectivity index is 2.16. The number of carbonyl (C=O) groups excluding carboxylic acids is 2. The lowest BCUT2D eigenvalue weighted by Crippen LogP contribution is -2.34. The number of aliphatic hydroxyl groups excluding tert-OH is 1. The normalized spacial score (nSPS) is 15.1. The predicted molar refractivity (Wildman–Crippen MR) is 62.8 cm³/mol. The minimum absolute atomic E-state index is 0.0544. The average molecular weight is 234 g/mol. The zero-order chi connectivity index (χ0) is 12.4. The maximum Gasteiger partial charge on any atom is 0.251 e. The summed E-state index contributed by atoms with van der Waals surface area (Å²) in [4.78, 5) is 22.9. The van der Waals surface area contributed by atoms with Gasteiger partial charge in [-0.25, -0.2) is 0 Å². The van der Waals surface area contributed by atoms with E-state index in [9.17, 15) is 9.59 Å². The maximum absolute atomic E-state index is 11.8. The Morgan fingerprint density at radius 2 is 2.35 bits per heavy atom. The molecule has 0 aromatic heterocycles. The van der Waals surface area contributed by atoms with Gasteiger partial charge in [-0.1, -0.05) is 0 Å². The molecule has 0 spiro atoms. The Morgan fingerprint density at radius 3 is 3.06 bits per heavy atom. The zero-order valence-electron chi connectivity index (χ0n) is 9.49. The fourth-order valence-corrected chi connectivity index (χ4v) is 1.72. The number of fused-ring (bicyclic) bond motifs is 1. The van der Waals surface area contributed by atoms with Gasteiger partial charge in [0.05, 0.1) is 13.0 Å². The van der Waals surface area contributed by atoms with Crippen LogP contribution in [0.25, 0.3) is 0 Å². The number of carbonyl (C=O) groups is 2. The van der Waals surface area contributed by atoms with Crippen LogP contribution in [-0.2, 0) is 11.2 Å². The molecule has 5 heteroatoms. The molecular formula is C12H14N2O3. The molecule has 0 fully saturated rings. The van der Waals surface area contributed by atoms with Gasteiger partial charge in [-0.15, -0.1) is 0 Å². The molecule has 1 heterocycles. The van der Waals surface area contributed by atoms with E-state index >= 15 is 0 Å². The number of nitrogens with one attached hydrogen (secondary N) is 2. The van der Waals surface area contributed by atoms with Gasteiger partial charge in [0, 0.05) is 17.3 Å². The van der Waals surface area contributed by atoms with Crippen LogP contribution in [0.1, 0.15) is 22.8 Å². The summed E-state index contributed by atoms with van der Waals surface area (Å²) >= 11 is 0. The molecule has 0 saturated heterocycles. The van der Waals surface area contributed by atoms with Gasteiger partial charge in [0.2, 0.25) is 5.91 Å². The van der Waals surface area contributed by atoms with Gasteiger partial charge in [-0.3, -0.25) is 9.59 Å².